The molecule has 1 N–H and O–H groups in total. The number of fused-ring (bicyclic) bond motifs is 2. The Bertz CT molecular complexity index is 717. The second kappa shape index (κ2) is 6.25. The minimum absolute atomic E-state index is 0.175. The molecular weight excluding hydrogens is 327 g/mol. The lowest BCUT2D eigenvalue weighted by Gasteiger charge is -2.62. The summed E-state index contributed by atoms with van der Waals surface area (Å²) in [4.78, 5) is 12.3. The van der Waals surface area contributed by atoms with Gasteiger partial charge in [0.05, 0.1) is 5.92 Å². The van der Waals surface area contributed by atoms with Crippen molar-refractivity contribution in [2.75, 3.05) is 0 Å². The van der Waals surface area contributed by atoms with E-state index in [2.05, 4.69) is 62.4 Å². The van der Waals surface area contributed by atoms with Crippen LogP contribution in [0.15, 0.2) is 60.7 Å². The van der Waals surface area contributed by atoms with Crippen LogP contribution >= 0.6 is 7.92 Å². The number of hydrogen-bond donors (Lipinski definition) is 1. The Labute approximate surface area is 151 Å². The van der Waals surface area contributed by atoms with Crippen molar-refractivity contribution in [3.8, 4) is 0 Å². The number of aliphatic carboxylic acids is 1. The van der Waals surface area contributed by atoms with Crippen LogP contribution in [0.5, 0.6) is 0 Å². The maximum Gasteiger partial charge on any atom is 0.307 e. The zero-order valence-electron chi connectivity index (χ0n) is 14.8. The lowest BCUT2D eigenvalue weighted by atomic mass is 9.45. The van der Waals surface area contributed by atoms with Crippen LogP contribution < -0.4 is 10.6 Å². The van der Waals surface area contributed by atoms with Gasteiger partial charge in [0.1, 0.15) is 0 Å². The number of rotatable bonds is 4. The van der Waals surface area contributed by atoms with Crippen LogP contribution in [0.2, 0.25) is 0 Å². The fourth-order valence-corrected chi connectivity index (χ4v) is 8.26. The van der Waals surface area contributed by atoms with E-state index in [-0.39, 0.29) is 17.0 Å². The molecular formula is C22H25O2P. The van der Waals surface area contributed by atoms with Gasteiger partial charge in [-0.25, -0.2) is 0 Å². The molecule has 25 heavy (non-hydrogen) atoms. The summed E-state index contributed by atoms with van der Waals surface area (Å²) < 4.78 is 0. The highest BCUT2D eigenvalue weighted by Gasteiger charge is 2.61. The van der Waals surface area contributed by atoms with Gasteiger partial charge >= 0.3 is 5.97 Å². The van der Waals surface area contributed by atoms with Crippen molar-refractivity contribution in [1.82, 2.24) is 0 Å². The van der Waals surface area contributed by atoms with Crippen molar-refractivity contribution < 1.29 is 9.90 Å². The Balaban J connectivity index is 1.78. The quantitative estimate of drug-likeness (QED) is 0.835. The van der Waals surface area contributed by atoms with Gasteiger partial charge in [-0.3, -0.25) is 4.79 Å². The van der Waals surface area contributed by atoms with E-state index in [1.165, 1.54) is 10.6 Å². The van der Waals surface area contributed by atoms with Crippen LogP contribution in [0.4, 0.5) is 0 Å². The third kappa shape index (κ3) is 2.72. The molecule has 1 unspecified atom stereocenters. The molecule has 2 bridgehead atoms. The number of carboxylic acid groups (broad SMARTS) is 1. The predicted molar refractivity (Wildman–Crippen MR) is 104 cm³/mol. The van der Waals surface area contributed by atoms with Crippen LogP contribution in [-0.4, -0.2) is 16.7 Å². The lowest BCUT2D eigenvalue weighted by molar-refractivity contribution is -0.163. The van der Waals surface area contributed by atoms with Crippen molar-refractivity contribution in [2.24, 2.45) is 23.2 Å². The molecule has 3 heteroatoms. The fraction of sp³-hybridized carbons (Fsp3) is 0.409. The first-order valence-electron chi connectivity index (χ1n) is 9.12. The van der Waals surface area contributed by atoms with Crippen LogP contribution in [-0.2, 0) is 4.79 Å². The molecule has 0 amide bonds. The highest BCUT2D eigenvalue weighted by Crippen LogP contribution is 2.66. The highest BCUT2D eigenvalue weighted by molar-refractivity contribution is 7.73. The number of hydrogen-bond acceptors (Lipinski definition) is 1. The molecule has 3 saturated carbocycles. The Kier molecular flexibility index (Phi) is 4.20. The number of carboxylic acids is 1. The van der Waals surface area contributed by atoms with Gasteiger partial charge in [-0.15, -0.1) is 0 Å². The molecule has 4 atom stereocenters. The minimum Gasteiger partial charge on any atom is -0.481 e. The van der Waals surface area contributed by atoms with Crippen LogP contribution in [0.25, 0.3) is 0 Å². The second-order valence-electron chi connectivity index (χ2n) is 8.07. The third-order valence-electron chi connectivity index (χ3n) is 6.61. The third-order valence-corrected chi connectivity index (χ3v) is 9.51. The summed E-state index contributed by atoms with van der Waals surface area (Å²) in [5.74, 6) is 0.147. The van der Waals surface area contributed by atoms with Crippen molar-refractivity contribution in [3.63, 3.8) is 0 Å². The minimum atomic E-state index is -0.659. The first kappa shape index (κ1) is 16.8. The van der Waals surface area contributed by atoms with Crippen molar-refractivity contribution >= 4 is 24.5 Å². The average molecular weight is 352 g/mol. The second-order valence-corrected chi connectivity index (χ2v) is 10.5. The zero-order chi connectivity index (χ0) is 17.6. The molecule has 3 fully saturated rings. The van der Waals surface area contributed by atoms with E-state index in [9.17, 15) is 9.90 Å². The fourth-order valence-electron chi connectivity index (χ4n) is 5.08. The van der Waals surface area contributed by atoms with Crippen molar-refractivity contribution in [1.29, 1.82) is 0 Å². The SMILES string of the molecule is CC1(C)C2C[C@H](P(c3ccccc3)c3ccccc3)[C@@H](C(=O)O)[C@@H]1C2. The standard InChI is InChI=1S/C22H25O2P/c1-22(2)15-13-18(22)20(21(23)24)19(14-15)25(16-9-5-3-6-10-16)17-11-7-4-8-12-17/h3-12,15,18-20H,13-14H2,1-2H3,(H,23,24)/t15?,18-,19-,20-/m0/s1. The first-order chi connectivity index (χ1) is 12.0. The molecule has 0 aliphatic heterocycles. The van der Waals surface area contributed by atoms with Gasteiger partial charge < -0.3 is 5.11 Å². The van der Waals surface area contributed by atoms with Gasteiger partial charge in [0, 0.05) is 5.66 Å². The first-order valence-corrected chi connectivity index (χ1v) is 10.5. The Morgan fingerprint density at radius 2 is 1.48 bits per heavy atom. The van der Waals surface area contributed by atoms with Crippen LogP contribution in [0.1, 0.15) is 26.7 Å². The van der Waals surface area contributed by atoms with Gasteiger partial charge in [0.2, 0.25) is 0 Å². The molecule has 0 radical (unpaired) electrons. The Hall–Kier alpha value is -1.66. The van der Waals surface area contributed by atoms with Gasteiger partial charge in [-0.1, -0.05) is 74.5 Å². The van der Waals surface area contributed by atoms with Crippen LogP contribution in [0.3, 0.4) is 0 Å². The summed E-state index contributed by atoms with van der Waals surface area (Å²) in [5.41, 5.74) is 0.405. The number of benzene rings is 2. The molecule has 0 aromatic heterocycles. The van der Waals surface area contributed by atoms with Gasteiger partial charge in [0.15, 0.2) is 0 Å². The molecule has 2 nitrogen and oxygen atoms in total. The molecule has 130 valence electrons. The molecule has 5 rings (SSSR count). The van der Waals surface area contributed by atoms with E-state index in [1.807, 2.05) is 12.1 Å². The van der Waals surface area contributed by atoms with E-state index in [0.29, 0.717) is 11.8 Å². The van der Waals surface area contributed by atoms with Gasteiger partial charge in [0.25, 0.3) is 0 Å². The zero-order valence-corrected chi connectivity index (χ0v) is 15.7. The van der Waals surface area contributed by atoms with Gasteiger partial charge in [-0.05, 0) is 48.6 Å². The molecule has 3 aliphatic carbocycles. The summed E-state index contributed by atoms with van der Waals surface area (Å²) in [5, 5.41) is 12.7. The molecule has 0 spiro atoms. The Morgan fingerprint density at radius 3 is 1.92 bits per heavy atom. The molecule has 3 aliphatic rings. The van der Waals surface area contributed by atoms with E-state index < -0.39 is 13.9 Å². The topological polar surface area (TPSA) is 37.3 Å². The molecule has 0 saturated heterocycles. The van der Waals surface area contributed by atoms with Crippen LogP contribution in [0, 0.1) is 23.2 Å². The monoisotopic (exact) mass is 352 g/mol. The predicted octanol–water partition coefficient (Wildman–Crippen LogP) is 4.25. The highest BCUT2D eigenvalue weighted by atomic mass is 31.1. The van der Waals surface area contributed by atoms with E-state index in [0.717, 1.165) is 12.8 Å². The van der Waals surface area contributed by atoms with Gasteiger partial charge in [-0.2, -0.15) is 0 Å². The maximum absolute atomic E-state index is 12.3. The molecule has 0 heterocycles. The average Bonchev–Trinajstić information content (AvgIpc) is 2.63. The summed E-state index contributed by atoms with van der Waals surface area (Å²) in [6.45, 7) is 4.54. The Morgan fingerprint density at radius 1 is 0.960 bits per heavy atom. The lowest BCUT2D eigenvalue weighted by Crippen LogP contribution is -2.59. The normalized spacial score (nSPS) is 29.9. The van der Waals surface area contributed by atoms with Crippen molar-refractivity contribution in [2.45, 2.75) is 32.3 Å². The van der Waals surface area contributed by atoms with E-state index >= 15 is 0 Å². The van der Waals surface area contributed by atoms with E-state index in [1.54, 1.807) is 0 Å². The van der Waals surface area contributed by atoms with E-state index in [4.69, 9.17) is 0 Å². The summed E-state index contributed by atoms with van der Waals surface area (Å²) in [6, 6.07) is 21.1. The van der Waals surface area contributed by atoms with Crippen molar-refractivity contribution in [3.05, 3.63) is 60.7 Å². The summed E-state index contributed by atoms with van der Waals surface area (Å²) in [6.07, 6.45) is 2.13. The smallest absolute Gasteiger partial charge is 0.307 e. The largest absolute Gasteiger partial charge is 0.481 e. The maximum atomic E-state index is 12.3. The molecule has 2 aromatic carbocycles. The summed E-state index contributed by atoms with van der Waals surface area (Å²) in [7, 11) is -0.659. The number of carbonyl (C=O) groups is 1. The summed E-state index contributed by atoms with van der Waals surface area (Å²) >= 11 is 0. The molecule has 2 aromatic rings.